The summed E-state index contributed by atoms with van der Waals surface area (Å²) in [5.41, 5.74) is 4.25. The van der Waals surface area contributed by atoms with Gasteiger partial charge in [0.1, 0.15) is 29.5 Å². The van der Waals surface area contributed by atoms with Crippen LogP contribution in [-0.2, 0) is 20.7 Å². The maximum atomic E-state index is 16.0. The first-order chi connectivity index (χ1) is 32.4. The van der Waals surface area contributed by atoms with Crippen molar-refractivity contribution >= 4 is 35.0 Å². The molecule has 7 atom stereocenters. The Morgan fingerprint density at radius 1 is 0.971 bits per heavy atom. The molecule has 2 saturated heterocycles. The monoisotopic (exact) mass is 925 g/mol. The van der Waals surface area contributed by atoms with Crippen LogP contribution < -0.4 is 19.5 Å². The van der Waals surface area contributed by atoms with Crippen molar-refractivity contribution in [3.05, 3.63) is 98.7 Å². The van der Waals surface area contributed by atoms with Gasteiger partial charge in [0.2, 0.25) is 5.91 Å². The van der Waals surface area contributed by atoms with E-state index in [-0.39, 0.29) is 43.0 Å². The quantitative estimate of drug-likeness (QED) is 0.143. The lowest BCUT2D eigenvalue weighted by Crippen LogP contribution is -2.75. The van der Waals surface area contributed by atoms with Gasteiger partial charge in [-0.25, -0.2) is 0 Å². The number of aliphatic hydroxyl groups is 1. The van der Waals surface area contributed by atoms with Gasteiger partial charge in [-0.2, -0.15) is 0 Å². The molecule has 2 aromatic carbocycles. The molecule has 12 nitrogen and oxygen atoms in total. The van der Waals surface area contributed by atoms with Crippen LogP contribution in [0, 0.1) is 23.7 Å². The molecular weight excluding hydrogens is 857 g/mol. The fourth-order valence-electron chi connectivity index (χ4n) is 12.8. The SMILES string of the molecule is CC(C)=CCCC1(C)C=Cc2c(c(CC=C(C)C)c3c(c2OCCN2CCN(C)CC2)C2=C4C(C5CC6C(C)(C)OC(C/C=C(/C)C(=O)NCCO)(C5=O)C46O3)C3C(=O)c4ccccc4C3=N2)O1. The maximum Gasteiger partial charge on any atom is 0.246 e. The van der Waals surface area contributed by atoms with E-state index in [1.807, 2.05) is 38.1 Å². The maximum absolute atomic E-state index is 16.0. The van der Waals surface area contributed by atoms with E-state index in [0.29, 0.717) is 59.2 Å². The molecule has 1 spiro atoms. The van der Waals surface area contributed by atoms with Crippen LogP contribution in [0.2, 0.25) is 0 Å². The Balaban J connectivity index is 1.25. The number of hydrogen-bond donors (Lipinski definition) is 2. The number of aliphatic hydroxyl groups excluding tert-OH is 1. The molecule has 3 saturated carbocycles. The Morgan fingerprint density at radius 3 is 2.43 bits per heavy atom. The molecule has 1 amide bonds. The number of ether oxygens (including phenoxy) is 4. The number of benzene rings is 2. The van der Waals surface area contributed by atoms with Crippen LogP contribution in [-0.4, -0.2) is 120 Å². The molecule has 2 aromatic rings. The Labute approximate surface area is 401 Å². The summed E-state index contributed by atoms with van der Waals surface area (Å²) in [4.78, 5) is 54.8. The molecule has 0 aromatic heterocycles. The third-order valence-electron chi connectivity index (χ3n) is 16.2. The summed E-state index contributed by atoms with van der Waals surface area (Å²) in [6.45, 7) is 21.3. The van der Waals surface area contributed by atoms with Crippen LogP contribution in [0.15, 0.2) is 75.9 Å². The van der Waals surface area contributed by atoms with E-state index in [9.17, 15) is 14.7 Å². The van der Waals surface area contributed by atoms with Gasteiger partial charge in [-0.3, -0.25) is 24.3 Å². The zero-order chi connectivity index (χ0) is 48.1. The smallest absolute Gasteiger partial charge is 0.246 e. The van der Waals surface area contributed by atoms with Crippen LogP contribution in [0.1, 0.15) is 114 Å². The third kappa shape index (κ3) is 7.13. The van der Waals surface area contributed by atoms with Crippen LogP contribution in [0.25, 0.3) is 11.8 Å². The lowest BCUT2D eigenvalue weighted by Gasteiger charge is -2.62. The fraction of sp³-hybridized carbons (Fsp3) is 0.536. The highest BCUT2D eigenvalue weighted by Gasteiger charge is 2.84. The van der Waals surface area contributed by atoms with Gasteiger partial charge in [0.05, 0.1) is 40.7 Å². The van der Waals surface area contributed by atoms with Gasteiger partial charge < -0.3 is 34.3 Å². The van der Waals surface area contributed by atoms with E-state index >= 15 is 4.79 Å². The first kappa shape index (κ1) is 46.6. The number of carbonyl (C=O) groups is 3. The Kier molecular flexibility index (Phi) is 11.7. The fourth-order valence-corrected chi connectivity index (χ4v) is 12.8. The van der Waals surface area contributed by atoms with Gasteiger partial charge in [0.25, 0.3) is 0 Å². The standard InChI is InChI=1S/C56H68N4O8/c1-32(2)13-12-20-54(8)21-19-38-48(66-54)37(17-16-33(3)4)50-43(49(38)65-30-28-60-26-24-59(9)25-27-60)46-44-41(42-45(58-46)35-14-10-11-15-36(35)47(42)62)39-31-40-53(6,7)68-55(51(39)63,56(40,44)67-50)22-18-34(5)52(64)57-23-29-61/h10-11,13-16,18-19,21,39-42,61H,12,17,20,22-31H2,1-9H3,(H,57,64)/b34-18-. The summed E-state index contributed by atoms with van der Waals surface area (Å²) in [5.74, 6) is -0.754. The van der Waals surface area contributed by atoms with Gasteiger partial charge >= 0.3 is 0 Å². The number of fused-ring (bicyclic) bond motifs is 6. The molecular formula is C56H68N4O8. The van der Waals surface area contributed by atoms with Crippen molar-refractivity contribution in [2.45, 2.75) is 110 Å². The minimum atomic E-state index is -1.58. The van der Waals surface area contributed by atoms with Crippen LogP contribution in [0.4, 0.5) is 0 Å². The van der Waals surface area contributed by atoms with Crippen LogP contribution >= 0.6 is 0 Å². The molecule has 4 aliphatic carbocycles. The van der Waals surface area contributed by atoms with Gasteiger partial charge in [0, 0.05) is 91.3 Å². The number of nitrogens with one attached hydrogen (secondary N) is 1. The molecule has 11 rings (SSSR count). The molecule has 2 N–H and O–H groups in total. The second-order valence-electron chi connectivity index (χ2n) is 21.7. The van der Waals surface area contributed by atoms with Gasteiger partial charge in [-0.05, 0) is 100 Å². The number of hydrogen-bond acceptors (Lipinski definition) is 11. The molecule has 68 heavy (non-hydrogen) atoms. The average Bonchev–Trinajstić information content (AvgIpc) is 3.66. The van der Waals surface area contributed by atoms with Crippen molar-refractivity contribution in [3.63, 3.8) is 0 Å². The summed E-state index contributed by atoms with van der Waals surface area (Å²) in [6.07, 6.45) is 13.1. The highest BCUT2D eigenvalue weighted by molar-refractivity contribution is 6.31. The second-order valence-corrected chi connectivity index (χ2v) is 21.7. The van der Waals surface area contributed by atoms with E-state index in [2.05, 4.69) is 81.1 Å². The Morgan fingerprint density at radius 2 is 1.71 bits per heavy atom. The number of Topliss-reactive ketones (excluding diaryl/α,β-unsaturated/α-hetero) is 2. The number of piperazine rings is 1. The molecule has 12 heteroatoms. The predicted octanol–water partition coefficient (Wildman–Crippen LogP) is 7.72. The van der Waals surface area contributed by atoms with Crippen molar-refractivity contribution in [2.24, 2.45) is 28.7 Å². The molecule has 360 valence electrons. The van der Waals surface area contributed by atoms with Gasteiger partial charge in [-0.1, -0.05) is 53.6 Å². The molecule has 5 fully saturated rings. The number of aliphatic imine (C=N–C) groups is 1. The van der Waals surface area contributed by atoms with Crippen LogP contribution in [0.3, 0.4) is 0 Å². The van der Waals surface area contributed by atoms with E-state index in [1.165, 1.54) is 5.57 Å². The minimum absolute atomic E-state index is 0.0304. The first-order valence-electron chi connectivity index (χ1n) is 24.8. The number of ketones is 2. The van der Waals surface area contributed by atoms with E-state index in [0.717, 1.165) is 79.0 Å². The van der Waals surface area contributed by atoms with Crippen molar-refractivity contribution in [2.75, 3.05) is 59.5 Å². The second kappa shape index (κ2) is 17.1. The number of amides is 1. The molecule has 0 radical (unpaired) electrons. The van der Waals surface area contributed by atoms with Crippen molar-refractivity contribution in [1.29, 1.82) is 0 Å². The third-order valence-corrected chi connectivity index (χ3v) is 16.2. The summed E-state index contributed by atoms with van der Waals surface area (Å²) in [7, 11) is 2.16. The predicted molar refractivity (Wildman–Crippen MR) is 263 cm³/mol. The normalized spacial score (nSPS) is 30.3. The summed E-state index contributed by atoms with van der Waals surface area (Å²) >= 11 is 0. The minimum Gasteiger partial charge on any atom is -0.491 e. The molecule has 5 heterocycles. The van der Waals surface area contributed by atoms with Crippen LogP contribution in [0.5, 0.6) is 17.2 Å². The number of likely N-dealkylation sites (N-methyl/N-ethyl adjacent to an activating group) is 1. The lowest BCUT2D eigenvalue weighted by molar-refractivity contribution is -0.182. The van der Waals surface area contributed by atoms with E-state index < -0.39 is 40.2 Å². The largest absolute Gasteiger partial charge is 0.491 e. The summed E-state index contributed by atoms with van der Waals surface area (Å²) in [5, 5.41) is 12.3. The van der Waals surface area contributed by atoms with Gasteiger partial charge in [0.15, 0.2) is 22.8 Å². The molecule has 7 unspecified atom stereocenters. The molecule has 4 bridgehead atoms. The van der Waals surface area contributed by atoms with Crippen molar-refractivity contribution < 1.29 is 38.4 Å². The average molecular weight is 925 g/mol. The topological polar surface area (TPSA) is 139 Å². The Bertz CT molecular complexity index is 2670. The van der Waals surface area contributed by atoms with Crippen molar-refractivity contribution in [3.8, 4) is 17.2 Å². The zero-order valence-corrected chi connectivity index (χ0v) is 41.3. The first-order valence-corrected chi connectivity index (χ1v) is 24.8. The van der Waals surface area contributed by atoms with Gasteiger partial charge in [-0.15, -0.1) is 0 Å². The highest BCUT2D eigenvalue weighted by atomic mass is 16.6. The molecule has 9 aliphatic rings. The lowest BCUT2D eigenvalue weighted by atomic mass is 9.43. The summed E-state index contributed by atoms with van der Waals surface area (Å²) < 4.78 is 29.9. The molecule has 5 aliphatic heterocycles. The number of allylic oxidation sites excluding steroid dienone is 4. The number of carbonyl (C=O) groups excluding carboxylic acids is 3. The van der Waals surface area contributed by atoms with E-state index in [1.54, 1.807) is 13.0 Å². The Hall–Kier alpha value is -5.14. The zero-order valence-electron chi connectivity index (χ0n) is 41.3. The van der Waals surface area contributed by atoms with E-state index in [4.69, 9.17) is 23.9 Å². The highest BCUT2D eigenvalue weighted by Crippen LogP contribution is 2.74. The van der Waals surface area contributed by atoms with Crippen molar-refractivity contribution in [1.82, 2.24) is 15.1 Å². The number of rotatable bonds is 14. The summed E-state index contributed by atoms with van der Waals surface area (Å²) in [6, 6.07) is 7.71. The number of nitrogens with zero attached hydrogens (tertiary/aromatic N) is 3.